The van der Waals surface area contributed by atoms with E-state index in [1.807, 2.05) is 0 Å². The SMILES string of the molecule is CCCCCC=C(NC(=O)CCCCCCCCC)C(=O)O. The molecule has 0 fully saturated rings. The molecule has 4 nitrogen and oxygen atoms in total. The van der Waals surface area contributed by atoms with Crippen LogP contribution in [0.15, 0.2) is 11.8 Å². The van der Waals surface area contributed by atoms with Gasteiger partial charge < -0.3 is 10.4 Å². The zero-order chi connectivity index (χ0) is 16.6. The molecule has 22 heavy (non-hydrogen) atoms. The molecule has 0 aromatic rings. The molecule has 0 spiro atoms. The fourth-order valence-electron chi connectivity index (χ4n) is 2.29. The van der Waals surface area contributed by atoms with E-state index in [1.54, 1.807) is 6.08 Å². The summed E-state index contributed by atoms with van der Waals surface area (Å²) in [5.41, 5.74) is 0.0315. The molecule has 0 unspecified atom stereocenters. The fourth-order valence-corrected chi connectivity index (χ4v) is 2.29. The van der Waals surface area contributed by atoms with E-state index in [2.05, 4.69) is 19.2 Å². The number of rotatable bonds is 14. The molecule has 0 aliphatic heterocycles. The molecular weight excluding hydrogens is 278 g/mol. The lowest BCUT2D eigenvalue weighted by atomic mass is 10.1. The van der Waals surface area contributed by atoms with Gasteiger partial charge >= 0.3 is 5.97 Å². The highest BCUT2D eigenvalue weighted by atomic mass is 16.4. The van der Waals surface area contributed by atoms with Crippen molar-refractivity contribution in [1.82, 2.24) is 5.32 Å². The Morgan fingerprint density at radius 3 is 2.00 bits per heavy atom. The quantitative estimate of drug-likeness (QED) is 0.358. The molecule has 0 atom stereocenters. The number of hydrogen-bond donors (Lipinski definition) is 2. The summed E-state index contributed by atoms with van der Waals surface area (Å²) < 4.78 is 0. The number of carboxylic acids is 1. The van der Waals surface area contributed by atoms with Gasteiger partial charge in [0.25, 0.3) is 0 Å². The van der Waals surface area contributed by atoms with Crippen molar-refractivity contribution < 1.29 is 14.7 Å². The molecule has 0 aromatic heterocycles. The Kier molecular flexibility index (Phi) is 13.7. The number of carbonyl (C=O) groups is 2. The lowest BCUT2D eigenvalue weighted by Crippen LogP contribution is -2.27. The van der Waals surface area contributed by atoms with Crippen LogP contribution in [0.2, 0.25) is 0 Å². The van der Waals surface area contributed by atoms with Crippen LogP contribution in [0.25, 0.3) is 0 Å². The first-order chi connectivity index (χ1) is 10.6. The first-order valence-electron chi connectivity index (χ1n) is 8.85. The molecule has 1 amide bonds. The Morgan fingerprint density at radius 1 is 0.864 bits per heavy atom. The van der Waals surface area contributed by atoms with Crippen molar-refractivity contribution in [3.63, 3.8) is 0 Å². The van der Waals surface area contributed by atoms with Crippen molar-refractivity contribution in [3.8, 4) is 0 Å². The van der Waals surface area contributed by atoms with Gasteiger partial charge in [-0.3, -0.25) is 4.79 Å². The van der Waals surface area contributed by atoms with E-state index in [0.29, 0.717) is 12.8 Å². The van der Waals surface area contributed by atoms with Crippen LogP contribution in [-0.4, -0.2) is 17.0 Å². The smallest absolute Gasteiger partial charge is 0.352 e. The molecule has 0 aliphatic carbocycles. The lowest BCUT2D eigenvalue weighted by molar-refractivity contribution is -0.134. The summed E-state index contributed by atoms with van der Waals surface area (Å²) in [7, 11) is 0. The Hall–Kier alpha value is -1.32. The van der Waals surface area contributed by atoms with Crippen LogP contribution in [0.3, 0.4) is 0 Å². The zero-order valence-electron chi connectivity index (χ0n) is 14.3. The third-order valence-electron chi connectivity index (χ3n) is 3.67. The Morgan fingerprint density at radius 2 is 1.41 bits per heavy atom. The van der Waals surface area contributed by atoms with E-state index in [0.717, 1.165) is 38.5 Å². The normalized spacial score (nSPS) is 11.5. The Labute approximate surface area is 135 Å². The Bertz CT molecular complexity index is 337. The summed E-state index contributed by atoms with van der Waals surface area (Å²) >= 11 is 0. The lowest BCUT2D eigenvalue weighted by Gasteiger charge is -2.06. The number of allylic oxidation sites excluding steroid dienone is 1. The predicted octanol–water partition coefficient (Wildman–Crippen LogP) is 4.79. The van der Waals surface area contributed by atoms with Gasteiger partial charge in [0.15, 0.2) is 0 Å². The third-order valence-corrected chi connectivity index (χ3v) is 3.67. The van der Waals surface area contributed by atoms with Gasteiger partial charge in [-0.15, -0.1) is 0 Å². The number of carbonyl (C=O) groups excluding carboxylic acids is 1. The molecule has 0 heterocycles. The summed E-state index contributed by atoms with van der Waals surface area (Å²) in [6.07, 6.45) is 13.9. The number of amides is 1. The number of nitrogens with one attached hydrogen (secondary N) is 1. The Balaban J connectivity index is 3.86. The molecule has 0 radical (unpaired) electrons. The largest absolute Gasteiger partial charge is 0.477 e. The van der Waals surface area contributed by atoms with Crippen LogP contribution in [0.4, 0.5) is 0 Å². The summed E-state index contributed by atoms with van der Waals surface area (Å²) in [6.45, 7) is 4.30. The summed E-state index contributed by atoms with van der Waals surface area (Å²) in [6, 6.07) is 0. The van der Waals surface area contributed by atoms with Crippen LogP contribution < -0.4 is 5.32 Å². The molecule has 0 saturated heterocycles. The average molecular weight is 311 g/mol. The van der Waals surface area contributed by atoms with E-state index in [1.165, 1.54) is 25.7 Å². The van der Waals surface area contributed by atoms with Gasteiger partial charge in [-0.25, -0.2) is 4.79 Å². The maximum atomic E-state index is 11.8. The molecule has 2 N–H and O–H groups in total. The standard InChI is InChI=1S/C18H33NO3/c1-3-5-7-9-10-11-13-15-17(20)19-16(18(21)22)14-12-8-6-4-2/h14H,3-13,15H2,1-2H3,(H,19,20)(H,21,22). The second kappa shape index (κ2) is 14.6. The van der Waals surface area contributed by atoms with E-state index in [9.17, 15) is 9.59 Å². The van der Waals surface area contributed by atoms with Crippen LogP contribution in [-0.2, 0) is 9.59 Å². The first kappa shape index (κ1) is 20.7. The minimum absolute atomic E-state index is 0.0315. The molecule has 0 bridgehead atoms. The van der Waals surface area contributed by atoms with Crippen molar-refractivity contribution in [1.29, 1.82) is 0 Å². The highest BCUT2D eigenvalue weighted by molar-refractivity contribution is 5.92. The van der Waals surface area contributed by atoms with E-state index in [-0.39, 0.29) is 11.6 Å². The van der Waals surface area contributed by atoms with Crippen LogP contribution in [0.5, 0.6) is 0 Å². The number of hydrogen-bond acceptors (Lipinski definition) is 2. The van der Waals surface area contributed by atoms with Gasteiger partial charge in [0.05, 0.1) is 0 Å². The second-order valence-electron chi connectivity index (χ2n) is 5.84. The molecule has 0 rings (SSSR count). The van der Waals surface area contributed by atoms with Crippen molar-refractivity contribution in [2.75, 3.05) is 0 Å². The van der Waals surface area contributed by atoms with Gasteiger partial charge in [0.1, 0.15) is 5.70 Å². The molecular formula is C18H33NO3. The van der Waals surface area contributed by atoms with Gasteiger partial charge in [0.2, 0.25) is 5.91 Å². The van der Waals surface area contributed by atoms with Crippen molar-refractivity contribution >= 4 is 11.9 Å². The maximum absolute atomic E-state index is 11.8. The monoisotopic (exact) mass is 311 g/mol. The molecule has 0 aromatic carbocycles. The zero-order valence-corrected chi connectivity index (χ0v) is 14.3. The number of aliphatic carboxylic acids is 1. The minimum atomic E-state index is -1.05. The maximum Gasteiger partial charge on any atom is 0.352 e. The molecule has 0 saturated carbocycles. The summed E-state index contributed by atoms with van der Waals surface area (Å²) in [5, 5.41) is 11.6. The minimum Gasteiger partial charge on any atom is -0.477 e. The topological polar surface area (TPSA) is 66.4 Å². The van der Waals surface area contributed by atoms with Gasteiger partial charge in [-0.1, -0.05) is 71.3 Å². The number of carboxylic acid groups (broad SMARTS) is 1. The fraction of sp³-hybridized carbons (Fsp3) is 0.778. The highest BCUT2D eigenvalue weighted by Gasteiger charge is 2.10. The summed E-state index contributed by atoms with van der Waals surface area (Å²) in [4.78, 5) is 22.9. The highest BCUT2D eigenvalue weighted by Crippen LogP contribution is 2.09. The van der Waals surface area contributed by atoms with Crippen molar-refractivity contribution in [2.24, 2.45) is 0 Å². The third kappa shape index (κ3) is 12.4. The summed E-state index contributed by atoms with van der Waals surface area (Å²) in [5.74, 6) is -1.23. The first-order valence-corrected chi connectivity index (χ1v) is 8.85. The average Bonchev–Trinajstić information content (AvgIpc) is 2.49. The molecule has 4 heteroatoms. The van der Waals surface area contributed by atoms with Gasteiger partial charge in [-0.2, -0.15) is 0 Å². The second-order valence-corrected chi connectivity index (χ2v) is 5.84. The van der Waals surface area contributed by atoms with Crippen LogP contribution in [0, 0.1) is 0 Å². The van der Waals surface area contributed by atoms with E-state index >= 15 is 0 Å². The van der Waals surface area contributed by atoms with Crippen LogP contribution >= 0.6 is 0 Å². The van der Waals surface area contributed by atoms with Crippen molar-refractivity contribution in [2.45, 2.75) is 90.9 Å². The molecule has 0 aliphatic rings. The van der Waals surface area contributed by atoms with Gasteiger partial charge in [0, 0.05) is 6.42 Å². The van der Waals surface area contributed by atoms with Gasteiger partial charge in [-0.05, 0) is 19.3 Å². The number of unbranched alkanes of at least 4 members (excludes halogenated alkanes) is 9. The predicted molar refractivity (Wildman–Crippen MR) is 90.6 cm³/mol. The van der Waals surface area contributed by atoms with E-state index in [4.69, 9.17) is 5.11 Å². The van der Waals surface area contributed by atoms with Crippen molar-refractivity contribution in [3.05, 3.63) is 11.8 Å². The van der Waals surface area contributed by atoms with Crippen LogP contribution in [0.1, 0.15) is 90.9 Å². The van der Waals surface area contributed by atoms with E-state index < -0.39 is 5.97 Å². The molecule has 128 valence electrons.